The van der Waals surface area contributed by atoms with Gasteiger partial charge >= 0.3 is 37.7 Å². The first-order chi connectivity index (χ1) is 6.58. The molecule has 0 aromatic carbocycles. The Morgan fingerprint density at radius 3 is 1.33 bits per heavy atom. The Bertz CT molecular complexity index is 199. The molecule has 0 aliphatic carbocycles. The molecule has 2 fully saturated rings. The van der Waals surface area contributed by atoms with Crippen LogP contribution in [0, 0.1) is 0 Å². The minimum atomic E-state index is -1.03. The molecule has 0 amide bonds. The van der Waals surface area contributed by atoms with Crippen molar-refractivity contribution in [1.82, 2.24) is 0 Å². The van der Waals surface area contributed by atoms with Gasteiger partial charge in [0, 0.05) is 24.8 Å². The molecule has 0 unspecified atom stereocenters. The van der Waals surface area contributed by atoms with Gasteiger partial charge in [-0.2, -0.15) is 0 Å². The van der Waals surface area contributed by atoms with Gasteiger partial charge in [-0.15, -0.1) is 0 Å². The number of hydrogen-bond acceptors (Lipinski definition) is 6. The first-order valence-electron chi connectivity index (χ1n) is 4.21. The second kappa shape index (κ2) is 7.40. The summed E-state index contributed by atoms with van der Waals surface area (Å²) < 4.78 is 9.20. The number of hydrogen-bond donors (Lipinski definition) is 0. The van der Waals surface area contributed by atoms with Crippen LogP contribution in [0.2, 0.25) is 0 Å². The fourth-order valence-corrected chi connectivity index (χ4v) is 0.744. The number of ether oxygens (including phenoxy) is 2. The summed E-state index contributed by atoms with van der Waals surface area (Å²) in [6.45, 7) is 1.18. The van der Waals surface area contributed by atoms with Gasteiger partial charge < -0.3 is 29.3 Å². The second-order valence-corrected chi connectivity index (χ2v) is 3.06. The number of carbonyl (C=O) groups excluding carboxylic acids is 2. The molecule has 15 heavy (non-hydrogen) atoms. The Kier molecular flexibility index (Phi) is 7.46. The maximum atomic E-state index is 9.66. The third-order valence-electron chi connectivity index (χ3n) is 1.59. The molecule has 2 heterocycles. The Labute approximate surface area is 117 Å². The first kappa shape index (κ1) is 15.1. The molecule has 0 N–H and O–H groups in total. The maximum absolute atomic E-state index is 9.66. The molecule has 2 rings (SSSR count). The minimum Gasteiger partial charge on any atom is -0.550 e. The van der Waals surface area contributed by atoms with Crippen molar-refractivity contribution in [3.63, 3.8) is 0 Å². The van der Waals surface area contributed by atoms with E-state index in [9.17, 15) is 19.8 Å². The van der Waals surface area contributed by atoms with Gasteiger partial charge in [0.05, 0.1) is 25.4 Å². The van der Waals surface area contributed by atoms with Gasteiger partial charge in [0.25, 0.3) is 0 Å². The Morgan fingerprint density at radius 2 is 1.27 bits per heavy atom. The van der Waals surface area contributed by atoms with Gasteiger partial charge in [-0.3, -0.25) is 0 Å². The molecule has 0 radical (unpaired) electrons. The van der Waals surface area contributed by atoms with Crippen molar-refractivity contribution >= 4 is 49.7 Å². The van der Waals surface area contributed by atoms with Gasteiger partial charge in [0.2, 0.25) is 0 Å². The zero-order chi connectivity index (χ0) is 10.6. The minimum absolute atomic E-state index is 0. The van der Waals surface area contributed by atoms with Crippen LogP contribution in [-0.2, 0) is 19.1 Å². The van der Waals surface area contributed by atoms with E-state index in [2.05, 4.69) is 9.47 Å². The van der Waals surface area contributed by atoms with Crippen molar-refractivity contribution in [3.05, 3.63) is 0 Å². The van der Waals surface area contributed by atoms with E-state index >= 15 is 0 Å². The molecule has 0 aromatic heterocycles. The van der Waals surface area contributed by atoms with Gasteiger partial charge in [0.15, 0.2) is 0 Å². The molecule has 0 aromatic rings. The second-order valence-electron chi connectivity index (χ2n) is 3.06. The van der Waals surface area contributed by atoms with E-state index in [1.165, 1.54) is 0 Å². The van der Waals surface area contributed by atoms with Crippen LogP contribution in [0.25, 0.3) is 0 Å². The number of carboxylic acid groups (broad SMARTS) is 2. The number of carboxylic acids is 2. The maximum Gasteiger partial charge on any atom is 2.00 e. The topological polar surface area (TPSA) is 105 Å². The normalized spacial score (nSPS) is 25.3. The molecule has 2 atom stereocenters. The van der Waals surface area contributed by atoms with Crippen molar-refractivity contribution in [1.29, 1.82) is 0 Å². The first-order valence-corrected chi connectivity index (χ1v) is 4.21. The van der Waals surface area contributed by atoms with E-state index in [4.69, 9.17) is 0 Å². The predicted octanol–water partition coefficient (Wildman–Crippen LogP) is -3.33. The number of rotatable bonds is 4. The van der Waals surface area contributed by atoms with Gasteiger partial charge in [-0.05, 0) is 0 Å². The monoisotopic (exact) mass is 242 g/mol. The van der Waals surface area contributed by atoms with Gasteiger partial charge in [-0.1, -0.05) is 0 Å². The van der Waals surface area contributed by atoms with Crippen LogP contribution in [-0.4, -0.2) is 75.1 Å². The van der Waals surface area contributed by atoms with Crippen LogP contribution < -0.4 is 10.2 Å². The SMILES string of the molecule is O=C([O-])C[C@@H]1CO1.O=C([O-])C[C@@H]1CO1.[Ca+2]. The smallest absolute Gasteiger partial charge is 0.550 e. The Hall–Kier alpha value is 0.120. The van der Waals surface area contributed by atoms with Crippen LogP contribution in [0.3, 0.4) is 0 Å². The molecule has 6 nitrogen and oxygen atoms in total. The Morgan fingerprint density at radius 1 is 1.00 bits per heavy atom. The summed E-state index contributed by atoms with van der Waals surface area (Å²) in [5.41, 5.74) is 0. The third kappa shape index (κ3) is 10.4. The molecule has 80 valence electrons. The summed E-state index contributed by atoms with van der Waals surface area (Å²) in [6, 6.07) is 0. The molecule has 2 aliphatic heterocycles. The van der Waals surface area contributed by atoms with Crippen LogP contribution >= 0.6 is 0 Å². The average molecular weight is 242 g/mol. The number of carbonyl (C=O) groups is 2. The van der Waals surface area contributed by atoms with Gasteiger partial charge in [0.1, 0.15) is 0 Å². The number of aliphatic carboxylic acids is 2. The summed E-state index contributed by atoms with van der Waals surface area (Å²) in [6.07, 6.45) is 0.0370. The molecule has 7 heteroatoms. The Balaban J connectivity index is 0.000000245. The fraction of sp³-hybridized carbons (Fsp3) is 0.750. The van der Waals surface area contributed by atoms with E-state index in [0.29, 0.717) is 13.2 Å². The van der Waals surface area contributed by atoms with E-state index in [-0.39, 0.29) is 62.8 Å². The van der Waals surface area contributed by atoms with Crippen LogP contribution in [0.4, 0.5) is 0 Å². The van der Waals surface area contributed by atoms with E-state index < -0.39 is 11.9 Å². The average Bonchev–Trinajstić information content (AvgIpc) is 2.82. The quantitative estimate of drug-likeness (QED) is 0.377. The summed E-state index contributed by atoms with van der Waals surface area (Å²) in [4.78, 5) is 19.3. The van der Waals surface area contributed by atoms with Crippen LogP contribution in [0.5, 0.6) is 0 Å². The van der Waals surface area contributed by atoms with Crippen molar-refractivity contribution in [3.8, 4) is 0 Å². The van der Waals surface area contributed by atoms with E-state index in [1.54, 1.807) is 0 Å². The number of epoxide rings is 2. The van der Waals surface area contributed by atoms with Gasteiger partial charge in [-0.25, -0.2) is 0 Å². The summed E-state index contributed by atoms with van der Waals surface area (Å²) in [5, 5.41) is 19.3. The van der Waals surface area contributed by atoms with Crippen molar-refractivity contribution < 1.29 is 29.3 Å². The zero-order valence-corrected chi connectivity index (χ0v) is 10.3. The van der Waals surface area contributed by atoms with E-state index in [0.717, 1.165) is 0 Å². The third-order valence-corrected chi connectivity index (χ3v) is 1.59. The molecule has 0 saturated carbocycles. The molecule has 0 spiro atoms. The molecule has 2 saturated heterocycles. The molecular weight excluding hydrogens is 232 g/mol. The summed E-state index contributed by atoms with van der Waals surface area (Å²) in [7, 11) is 0. The van der Waals surface area contributed by atoms with Crippen LogP contribution in [0.1, 0.15) is 12.8 Å². The summed E-state index contributed by atoms with van der Waals surface area (Å²) >= 11 is 0. The standard InChI is InChI=1S/2C4H6O3.Ca/c2*5-4(6)1-3-2-7-3;/h2*3H,1-2H2,(H,5,6);/q;;+2/p-2/t2*3-;/m11./s1. The fourth-order valence-electron chi connectivity index (χ4n) is 0.744. The van der Waals surface area contributed by atoms with Crippen molar-refractivity contribution in [2.24, 2.45) is 0 Å². The molecular formula is C8H10CaO6. The molecule has 0 bridgehead atoms. The van der Waals surface area contributed by atoms with Crippen molar-refractivity contribution in [2.75, 3.05) is 13.2 Å². The summed E-state index contributed by atoms with van der Waals surface area (Å²) in [5.74, 6) is -2.05. The van der Waals surface area contributed by atoms with E-state index in [1.807, 2.05) is 0 Å². The zero-order valence-electron chi connectivity index (χ0n) is 8.14. The largest absolute Gasteiger partial charge is 2.00 e. The molecule has 2 aliphatic rings. The van der Waals surface area contributed by atoms with Crippen LogP contribution in [0.15, 0.2) is 0 Å². The van der Waals surface area contributed by atoms with Crippen molar-refractivity contribution in [2.45, 2.75) is 25.0 Å². The predicted molar refractivity (Wildman–Crippen MR) is 44.5 cm³/mol.